The number of carbonyl (C=O) groups is 2. The molecule has 1 aliphatic rings. The standard InChI is InChI=1S/C14H17NO3/c1-9(2)13(16)15-8-11-6-4-3-5-10(11)7-12(15)14(17)18/h3-6,9,12H,7-8H2,1-2H3,(H,17,18). The van der Waals surface area contributed by atoms with E-state index in [1.165, 1.54) is 4.90 Å². The van der Waals surface area contributed by atoms with Crippen LogP contribution in [-0.2, 0) is 22.6 Å². The molecule has 1 amide bonds. The predicted octanol–water partition coefficient (Wildman–Crippen LogP) is 1.68. The molecule has 1 unspecified atom stereocenters. The van der Waals surface area contributed by atoms with Gasteiger partial charge in [0, 0.05) is 18.9 Å². The van der Waals surface area contributed by atoms with Crippen molar-refractivity contribution in [1.29, 1.82) is 0 Å². The summed E-state index contributed by atoms with van der Waals surface area (Å²) in [6.07, 6.45) is 0.393. The van der Waals surface area contributed by atoms with Gasteiger partial charge in [-0.05, 0) is 11.1 Å². The van der Waals surface area contributed by atoms with E-state index in [9.17, 15) is 14.7 Å². The lowest BCUT2D eigenvalue weighted by molar-refractivity contribution is -0.152. The van der Waals surface area contributed by atoms with Crippen molar-refractivity contribution in [3.63, 3.8) is 0 Å². The predicted molar refractivity (Wildman–Crippen MR) is 67.0 cm³/mol. The molecule has 1 atom stereocenters. The summed E-state index contributed by atoms with van der Waals surface area (Å²) in [5, 5.41) is 9.27. The lowest BCUT2D eigenvalue weighted by atomic mass is 9.93. The first-order chi connectivity index (χ1) is 8.50. The summed E-state index contributed by atoms with van der Waals surface area (Å²) < 4.78 is 0. The largest absolute Gasteiger partial charge is 0.480 e. The zero-order valence-corrected chi connectivity index (χ0v) is 10.6. The first kappa shape index (κ1) is 12.6. The third kappa shape index (κ3) is 2.23. The SMILES string of the molecule is CC(C)C(=O)N1Cc2ccccc2CC1C(=O)O. The van der Waals surface area contributed by atoms with E-state index < -0.39 is 12.0 Å². The summed E-state index contributed by atoms with van der Waals surface area (Å²) in [7, 11) is 0. The smallest absolute Gasteiger partial charge is 0.326 e. The fourth-order valence-electron chi connectivity index (χ4n) is 2.31. The Balaban J connectivity index is 2.34. The lowest BCUT2D eigenvalue weighted by Gasteiger charge is -2.35. The Morgan fingerprint density at radius 1 is 1.28 bits per heavy atom. The highest BCUT2D eigenvalue weighted by Crippen LogP contribution is 2.24. The molecule has 18 heavy (non-hydrogen) atoms. The van der Waals surface area contributed by atoms with Crippen LogP contribution in [0.4, 0.5) is 0 Å². The molecule has 2 rings (SSSR count). The maximum absolute atomic E-state index is 12.1. The molecule has 0 aromatic heterocycles. The zero-order chi connectivity index (χ0) is 13.3. The van der Waals surface area contributed by atoms with E-state index in [1.54, 1.807) is 13.8 Å². The van der Waals surface area contributed by atoms with Crippen molar-refractivity contribution in [3.8, 4) is 0 Å². The number of amides is 1. The first-order valence-electron chi connectivity index (χ1n) is 6.10. The average molecular weight is 247 g/mol. The maximum atomic E-state index is 12.1. The number of benzene rings is 1. The third-order valence-corrected chi connectivity index (χ3v) is 3.31. The zero-order valence-electron chi connectivity index (χ0n) is 10.6. The second-order valence-corrected chi connectivity index (χ2v) is 4.95. The van der Waals surface area contributed by atoms with Gasteiger partial charge >= 0.3 is 5.97 Å². The van der Waals surface area contributed by atoms with Crippen molar-refractivity contribution in [1.82, 2.24) is 4.90 Å². The number of rotatable bonds is 2. The lowest BCUT2D eigenvalue weighted by Crippen LogP contribution is -2.49. The van der Waals surface area contributed by atoms with Gasteiger partial charge in [0.15, 0.2) is 0 Å². The number of hydrogen-bond donors (Lipinski definition) is 1. The van der Waals surface area contributed by atoms with E-state index in [0.717, 1.165) is 11.1 Å². The summed E-state index contributed by atoms with van der Waals surface area (Å²) in [4.78, 5) is 24.9. The van der Waals surface area contributed by atoms with Crippen LogP contribution in [0.3, 0.4) is 0 Å². The van der Waals surface area contributed by atoms with Crippen molar-refractivity contribution in [2.75, 3.05) is 0 Å². The molecular formula is C14H17NO3. The topological polar surface area (TPSA) is 57.6 Å². The Bertz CT molecular complexity index is 482. The number of carboxylic acid groups (broad SMARTS) is 1. The molecular weight excluding hydrogens is 230 g/mol. The minimum absolute atomic E-state index is 0.100. The van der Waals surface area contributed by atoms with Gasteiger partial charge in [-0.3, -0.25) is 4.79 Å². The van der Waals surface area contributed by atoms with Crippen molar-refractivity contribution in [2.24, 2.45) is 5.92 Å². The molecule has 1 aromatic rings. The number of nitrogens with zero attached hydrogens (tertiary/aromatic N) is 1. The van der Waals surface area contributed by atoms with E-state index >= 15 is 0 Å². The quantitative estimate of drug-likeness (QED) is 0.865. The van der Waals surface area contributed by atoms with Crippen LogP contribution in [-0.4, -0.2) is 27.9 Å². The summed E-state index contributed by atoms with van der Waals surface area (Å²) in [6.45, 7) is 3.98. The van der Waals surface area contributed by atoms with E-state index in [0.29, 0.717) is 13.0 Å². The van der Waals surface area contributed by atoms with Gasteiger partial charge in [-0.15, -0.1) is 0 Å². The summed E-state index contributed by atoms with van der Waals surface area (Å²) in [5.41, 5.74) is 2.07. The van der Waals surface area contributed by atoms with Crippen LogP contribution in [0.25, 0.3) is 0 Å². The van der Waals surface area contributed by atoms with E-state index in [2.05, 4.69) is 0 Å². The van der Waals surface area contributed by atoms with Crippen LogP contribution >= 0.6 is 0 Å². The number of carboxylic acids is 1. The minimum atomic E-state index is -0.932. The van der Waals surface area contributed by atoms with Crippen LogP contribution < -0.4 is 0 Å². The normalized spacial score (nSPS) is 18.6. The van der Waals surface area contributed by atoms with E-state index in [-0.39, 0.29) is 11.8 Å². The van der Waals surface area contributed by atoms with Gasteiger partial charge in [0.25, 0.3) is 0 Å². The molecule has 0 fully saturated rings. The molecule has 0 spiro atoms. The van der Waals surface area contributed by atoms with Gasteiger partial charge in [0.2, 0.25) is 5.91 Å². The van der Waals surface area contributed by atoms with Crippen LogP contribution in [0, 0.1) is 5.92 Å². The van der Waals surface area contributed by atoms with Gasteiger partial charge in [0.1, 0.15) is 6.04 Å². The van der Waals surface area contributed by atoms with Crippen LogP contribution in [0.2, 0.25) is 0 Å². The van der Waals surface area contributed by atoms with E-state index in [1.807, 2.05) is 24.3 Å². The van der Waals surface area contributed by atoms with Crippen molar-refractivity contribution >= 4 is 11.9 Å². The molecule has 1 N–H and O–H groups in total. The van der Waals surface area contributed by atoms with Gasteiger partial charge in [0.05, 0.1) is 0 Å². The van der Waals surface area contributed by atoms with Gasteiger partial charge in [-0.1, -0.05) is 38.1 Å². The number of fused-ring (bicyclic) bond motifs is 1. The molecule has 0 saturated heterocycles. The Hall–Kier alpha value is -1.84. The highest BCUT2D eigenvalue weighted by molar-refractivity contribution is 5.85. The second-order valence-electron chi connectivity index (χ2n) is 4.95. The fraction of sp³-hybridized carbons (Fsp3) is 0.429. The van der Waals surface area contributed by atoms with Gasteiger partial charge in [-0.2, -0.15) is 0 Å². The van der Waals surface area contributed by atoms with E-state index in [4.69, 9.17) is 0 Å². The summed E-state index contributed by atoms with van der Waals surface area (Å²) in [5.74, 6) is -1.22. The summed E-state index contributed by atoms with van der Waals surface area (Å²) in [6, 6.07) is 6.96. The van der Waals surface area contributed by atoms with Gasteiger partial charge in [-0.25, -0.2) is 4.79 Å². The number of aliphatic carboxylic acids is 1. The second kappa shape index (κ2) is 4.80. The minimum Gasteiger partial charge on any atom is -0.480 e. The Kier molecular flexibility index (Phi) is 3.36. The monoisotopic (exact) mass is 247 g/mol. The molecule has 96 valence electrons. The Morgan fingerprint density at radius 3 is 2.44 bits per heavy atom. The Labute approximate surface area is 106 Å². The first-order valence-corrected chi connectivity index (χ1v) is 6.10. The molecule has 0 bridgehead atoms. The number of carbonyl (C=O) groups excluding carboxylic acids is 1. The highest BCUT2D eigenvalue weighted by Gasteiger charge is 2.35. The molecule has 4 heteroatoms. The molecule has 1 heterocycles. The van der Waals surface area contributed by atoms with Crippen molar-refractivity contribution < 1.29 is 14.7 Å². The van der Waals surface area contributed by atoms with Crippen molar-refractivity contribution in [3.05, 3.63) is 35.4 Å². The molecule has 1 aliphatic heterocycles. The van der Waals surface area contributed by atoms with Crippen LogP contribution in [0.1, 0.15) is 25.0 Å². The molecule has 1 aromatic carbocycles. The maximum Gasteiger partial charge on any atom is 0.326 e. The number of hydrogen-bond acceptors (Lipinski definition) is 2. The van der Waals surface area contributed by atoms with Crippen LogP contribution in [0.15, 0.2) is 24.3 Å². The third-order valence-electron chi connectivity index (χ3n) is 3.31. The highest BCUT2D eigenvalue weighted by atomic mass is 16.4. The van der Waals surface area contributed by atoms with Gasteiger partial charge < -0.3 is 10.0 Å². The average Bonchev–Trinajstić information content (AvgIpc) is 2.36. The molecule has 4 nitrogen and oxygen atoms in total. The van der Waals surface area contributed by atoms with Crippen molar-refractivity contribution in [2.45, 2.75) is 32.9 Å². The molecule has 0 aliphatic carbocycles. The molecule has 0 radical (unpaired) electrons. The Morgan fingerprint density at radius 2 is 1.89 bits per heavy atom. The molecule has 0 saturated carbocycles. The van der Waals surface area contributed by atoms with Crippen LogP contribution in [0.5, 0.6) is 0 Å². The fourth-order valence-corrected chi connectivity index (χ4v) is 2.31. The summed E-state index contributed by atoms with van der Waals surface area (Å²) >= 11 is 0.